The Morgan fingerprint density at radius 2 is 2.33 bits per heavy atom. The minimum Gasteiger partial charge on any atom is -0.385 e. The molecule has 0 aliphatic carbocycles. The van der Waals surface area contributed by atoms with Crippen molar-refractivity contribution in [2.24, 2.45) is 0 Å². The van der Waals surface area contributed by atoms with Crippen molar-refractivity contribution >= 4 is 6.03 Å². The van der Waals surface area contributed by atoms with Crippen LogP contribution in [0.15, 0.2) is 18.2 Å². The fourth-order valence-corrected chi connectivity index (χ4v) is 2.81. The molecule has 2 amide bonds. The van der Waals surface area contributed by atoms with E-state index in [1.165, 1.54) is 0 Å². The van der Waals surface area contributed by atoms with E-state index in [0.717, 1.165) is 43.7 Å². The molecule has 1 atom stereocenters. The van der Waals surface area contributed by atoms with E-state index in [4.69, 9.17) is 4.74 Å². The summed E-state index contributed by atoms with van der Waals surface area (Å²) >= 11 is 0. The van der Waals surface area contributed by atoms with E-state index in [0.29, 0.717) is 6.61 Å². The van der Waals surface area contributed by atoms with Crippen LogP contribution in [0.5, 0.6) is 0 Å². The highest BCUT2D eigenvalue weighted by atomic mass is 16.5. The molecule has 1 aromatic rings. The van der Waals surface area contributed by atoms with Crippen molar-refractivity contribution in [3.63, 3.8) is 0 Å². The summed E-state index contributed by atoms with van der Waals surface area (Å²) in [6.07, 6.45) is 2.89. The third kappa shape index (κ3) is 3.94. The number of pyridine rings is 1. The van der Waals surface area contributed by atoms with Crippen LogP contribution in [0.4, 0.5) is 4.79 Å². The number of likely N-dealkylation sites (tertiary alicyclic amines) is 1. The van der Waals surface area contributed by atoms with Gasteiger partial charge in [-0.25, -0.2) is 4.79 Å². The van der Waals surface area contributed by atoms with E-state index in [1.54, 1.807) is 12.0 Å². The van der Waals surface area contributed by atoms with Gasteiger partial charge in [0.25, 0.3) is 0 Å². The maximum atomic E-state index is 12.6. The molecule has 0 aromatic carbocycles. The van der Waals surface area contributed by atoms with E-state index < -0.39 is 0 Å². The lowest BCUT2D eigenvalue weighted by Gasteiger charge is -2.29. The lowest BCUT2D eigenvalue weighted by molar-refractivity contribution is 0.146. The molecule has 1 saturated heterocycles. The summed E-state index contributed by atoms with van der Waals surface area (Å²) in [6.45, 7) is 4.20. The molecule has 5 heteroatoms. The van der Waals surface area contributed by atoms with Crippen LogP contribution in [0.2, 0.25) is 0 Å². The second-order valence-corrected chi connectivity index (χ2v) is 5.61. The fraction of sp³-hybridized carbons (Fsp3) is 0.625. The number of hydrogen-bond donors (Lipinski definition) is 0. The number of carbonyl (C=O) groups is 1. The van der Waals surface area contributed by atoms with Gasteiger partial charge in [0.2, 0.25) is 0 Å². The molecule has 0 radical (unpaired) electrons. The Balaban J connectivity index is 2.02. The number of rotatable bonds is 5. The zero-order valence-corrected chi connectivity index (χ0v) is 13.2. The van der Waals surface area contributed by atoms with Crippen LogP contribution < -0.4 is 0 Å². The largest absolute Gasteiger partial charge is 0.385 e. The fourth-order valence-electron chi connectivity index (χ4n) is 2.81. The van der Waals surface area contributed by atoms with Gasteiger partial charge in [0.15, 0.2) is 0 Å². The molecule has 0 bridgehead atoms. The van der Waals surface area contributed by atoms with Crippen molar-refractivity contribution in [2.75, 3.05) is 33.9 Å². The molecule has 0 saturated carbocycles. The van der Waals surface area contributed by atoms with E-state index in [2.05, 4.69) is 4.98 Å². The van der Waals surface area contributed by atoms with E-state index in [1.807, 2.05) is 37.1 Å². The Hall–Kier alpha value is -1.62. The average molecular weight is 291 g/mol. The highest BCUT2D eigenvalue weighted by molar-refractivity contribution is 5.75. The molecule has 2 rings (SSSR count). The van der Waals surface area contributed by atoms with Crippen LogP contribution >= 0.6 is 0 Å². The van der Waals surface area contributed by atoms with Gasteiger partial charge in [0.05, 0.1) is 11.7 Å². The number of amides is 2. The topological polar surface area (TPSA) is 45.7 Å². The highest BCUT2D eigenvalue weighted by Crippen LogP contribution is 2.31. The predicted molar refractivity (Wildman–Crippen MR) is 82.2 cm³/mol. The molecule has 21 heavy (non-hydrogen) atoms. The van der Waals surface area contributed by atoms with E-state index >= 15 is 0 Å². The molecule has 1 aliphatic heterocycles. The summed E-state index contributed by atoms with van der Waals surface area (Å²) in [6, 6.07) is 6.23. The van der Waals surface area contributed by atoms with Crippen molar-refractivity contribution in [3.8, 4) is 0 Å². The maximum absolute atomic E-state index is 12.6. The quantitative estimate of drug-likeness (QED) is 0.783. The summed E-state index contributed by atoms with van der Waals surface area (Å²) in [4.78, 5) is 20.9. The van der Waals surface area contributed by atoms with Crippen molar-refractivity contribution in [1.82, 2.24) is 14.8 Å². The van der Waals surface area contributed by atoms with Crippen LogP contribution in [0, 0.1) is 6.92 Å². The van der Waals surface area contributed by atoms with Gasteiger partial charge in [-0.2, -0.15) is 0 Å². The highest BCUT2D eigenvalue weighted by Gasteiger charge is 2.32. The average Bonchev–Trinajstić information content (AvgIpc) is 2.96. The van der Waals surface area contributed by atoms with Gasteiger partial charge in [0, 0.05) is 39.5 Å². The van der Waals surface area contributed by atoms with Crippen molar-refractivity contribution in [2.45, 2.75) is 32.2 Å². The number of aromatic nitrogens is 1. The van der Waals surface area contributed by atoms with E-state index in [-0.39, 0.29) is 12.1 Å². The monoisotopic (exact) mass is 291 g/mol. The van der Waals surface area contributed by atoms with Crippen LogP contribution in [-0.4, -0.2) is 54.7 Å². The minimum atomic E-state index is 0.0944. The first-order valence-corrected chi connectivity index (χ1v) is 7.57. The van der Waals surface area contributed by atoms with Gasteiger partial charge in [-0.15, -0.1) is 0 Å². The Labute approximate surface area is 126 Å². The first-order chi connectivity index (χ1) is 10.1. The number of ether oxygens (including phenoxy) is 1. The second-order valence-electron chi connectivity index (χ2n) is 5.61. The zero-order chi connectivity index (χ0) is 15.2. The Morgan fingerprint density at radius 3 is 3.05 bits per heavy atom. The van der Waals surface area contributed by atoms with Crippen molar-refractivity contribution < 1.29 is 9.53 Å². The SMILES string of the molecule is COCCCN(C)C(=O)N1CCC[C@H]1c1cccc(C)n1. The summed E-state index contributed by atoms with van der Waals surface area (Å²) < 4.78 is 5.04. The third-order valence-corrected chi connectivity index (χ3v) is 3.92. The summed E-state index contributed by atoms with van der Waals surface area (Å²) in [7, 11) is 3.54. The van der Waals surface area contributed by atoms with Crippen LogP contribution in [-0.2, 0) is 4.74 Å². The number of hydrogen-bond acceptors (Lipinski definition) is 3. The second kappa shape index (κ2) is 7.41. The number of carbonyl (C=O) groups excluding carboxylic acids is 1. The smallest absolute Gasteiger partial charge is 0.320 e. The first-order valence-electron chi connectivity index (χ1n) is 7.57. The number of urea groups is 1. The molecule has 1 fully saturated rings. The molecule has 0 unspecified atom stereocenters. The van der Waals surface area contributed by atoms with Crippen LogP contribution in [0.1, 0.15) is 36.7 Å². The summed E-state index contributed by atoms with van der Waals surface area (Å²) in [5.74, 6) is 0. The zero-order valence-electron chi connectivity index (χ0n) is 13.2. The Kier molecular flexibility index (Phi) is 5.56. The van der Waals surface area contributed by atoms with Gasteiger partial charge in [0.1, 0.15) is 0 Å². The van der Waals surface area contributed by atoms with Gasteiger partial charge in [-0.3, -0.25) is 4.98 Å². The standard InChI is InChI=1S/C16H25N3O2/c1-13-7-4-8-14(17-13)15-9-5-11-19(15)16(20)18(2)10-6-12-21-3/h4,7-8,15H,5-6,9-12H2,1-3H3/t15-/m0/s1. The predicted octanol–water partition coefficient (Wildman–Crippen LogP) is 2.62. The molecule has 1 aliphatic rings. The van der Waals surface area contributed by atoms with Crippen LogP contribution in [0.3, 0.4) is 0 Å². The van der Waals surface area contributed by atoms with Crippen molar-refractivity contribution in [1.29, 1.82) is 0 Å². The normalized spacial score (nSPS) is 18.0. The number of methoxy groups -OCH3 is 1. The Bertz CT molecular complexity index is 478. The molecule has 116 valence electrons. The third-order valence-electron chi connectivity index (χ3n) is 3.92. The molecule has 0 N–H and O–H groups in total. The number of nitrogens with zero attached hydrogens (tertiary/aromatic N) is 3. The van der Waals surface area contributed by atoms with Gasteiger partial charge in [-0.05, 0) is 38.3 Å². The molecule has 5 nitrogen and oxygen atoms in total. The van der Waals surface area contributed by atoms with Gasteiger partial charge < -0.3 is 14.5 Å². The molecule has 0 spiro atoms. The van der Waals surface area contributed by atoms with Crippen molar-refractivity contribution in [3.05, 3.63) is 29.6 Å². The van der Waals surface area contributed by atoms with E-state index in [9.17, 15) is 4.79 Å². The lowest BCUT2D eigenvalue weighted by atomic mass is 10.1. The van der Waals surface area contributed by atoms with Gasteiger partial charge >= 0.3 is 6.03 Å². The van der Waals surface area contributed by atoms with Gasteiger partial charge in [-0.1, -0.05) is 6.07 Å². The molecular weight excluding hydrogens is 266 g/mol. The Morgan fingerprint density at radius 1 is 1.52 bits per heavy atom. The molecule has 1 aromatic heterocycles. The molecule has 2 heterocycles. The summed E-state index contributed by atoms with van der Waals surface area (Å²) in [5, 5.41) is 0. The summed E-state index contributed by atoms with van der Waals surface area (Å²) in [5.41, 5.74) is 2.01. The maximum Gasteiger partial charge on any atom is 0.320 e. The minimum absolute atomic E-state index is 0.0944. The lowest BCUT2D eigenvalue weighted by Crippen LogP contribution is -2.41. The van der Waals surface area contributed by atoms with Crippen LogP contribution in [0.25, 0.3) is 0 Å². The first kappa shape index (κ1) is 15.8. The molecular formula is C16H25N3O2. The number of aryl methyl sites for hydroxylation is 1.